The van der Waals surface area contributed by atoms with Gasteiger partial charge in [0.15, 0.2) is 11.5 Å². The van der Waals surface area contributed by atoms with Crippen LogP contribution in [0.1, 0.15) is 43.8 Å². The lowest BCUT2D eigenvalue weighted by Crippen LogP contribution is -2.06. The summed E-state index contributed by atoms with van der Waals surface area (Å²) in [6.45, 7) is 0. The maximum absolute atomic E-state index is 6.09. The molecule has 1 aliphatic carbocycles. The summed E-state index contributed by atoms with van der Waals surface area (Å²) in [7, 11) is 0. The Morgan fingerprint density at radius 3 is 2.85 bits per heavy atom. The molecule has 0 saturated heterocycles. The van der Waals surface area contributed by atoms with Gasteiger partial charge >= 0.3 is 0 Å². The zero-order valence-corrected chi connectivity index (χ0v) is 11.8. The summed E-state index contributed by atoms with van der Waals surface area (Å²) in [5, 5.41) is 6.29. The van der Waals surface area contributed by atoms with E-state index in [9.17, 15) is 0 Å². The molecule has 2 aromatic heterocycles. The molecule has 0 atom stereocenters. The minimum Gasteiger partial charge on any atom is -0.236 e. The van der Waals surface area contributed by atoms with Crippen LogP contribution >= 0.6 is 11.6 Å². The third-order valence-electron chi connectivity index (χ3n) is 4.12. The van der Waals surface area contributed by atoms with Crippen molar-refractivity contribution in [3.05, 3.63) is 35.4 Å². The monoisotopic (exact) mass is 286 g/mol. The molecule has 1 fully saturated rings. The molecule has 4 nitrogen and oxygen atoms in total. The molecule has 2 heterocycles. The topological polar surface area (TPSA) is 43.1 Å². The Hall–Kier alpha value is -1.68. The second-order valence-electron chi connectivity index (χ2n) is 5.48. The van der Waals surface area contributed by atoms with Crippen molar-refractivity contribution in [1.29, 1.82) is 0 Å². The Bertz CT molecular complexity index is 774. The van der Waals surface area contributed by atoms with Gasteiger partial charge in [-0.1, -0.05) is 30.9 Å². The predicted octanol–water partition coefficient (Wildman–Crippen LogP) is 3.98. The Labute approximate surface area is 121 Å². The lowest BCUT2D eigenvalue weighted by molar-refractivity contribution is 0.429. The van der Waals surface area contributed by atoms with Crippen molar-refractivity contribution in [2.45, 2.75) is 38.0 Å². The van der Waals surface area contributed by atoms with E-state index in [4.69, 9.17) is 16.6 Å². The van der Waals surface area contributed by atoms with Crippen LogP contribution in [-0.2, 0) is 0 Å². The SMILES string of the molecule is Clc1ccc2ncn3nc(C4CCCCC4)nc3c2c1. The summed E-state index contributed by atoms with van der Waals surface area (Å²) >= 11 is 6.09. The van der Waals surface area contributed by atoms with Crippen LogP contribution in [0.15, 0.2) is 24.5 Å². The molecule has 4 rings (SSSR count). The van der Waals surface area contributed by atoms with Gasteiger partial charge in [-0.2, -0.15) is 0 Å². The fraction of sp³-hybridized carbons (Fsp3) is 0.400. The van der Waals surface area contributed by atoms with E-state index < -0.39 is 0 Å². The highest BCUT2D eigenvalue weighted by Crippen LogP contribution is 2.31. The molecule has 5 heteroatoms. The van der Waals surface area contributed by atoms with Crippen LogP contribution in [0, 0.1) is 0 Å². The van der Waals surface area contributed by atoms with E-state index in [0.29, 0.717) is 10.9 Å². The first-order valence-corrected chi connectivity index (χ1v) is 7.49. The van der Waals surface area contributed by atoms with Crippen LogP contribution in [0.2, 0.25) is 5.02 Å². The molecule has 20 heavy (non-hydrogen) atoms. The van der Waals surface area contributed by atoms with Crippen molar-refractivity contribution >= 4 is 28.2 Å². The fourth-order valence-electron chi connectivity index (χ4n) is 3.05. The zero-order valence-electron chi connectivity index (χ0n) is 11.1. The molecule has 102 valence electrons. The van der Waals surface area contributed by atoms with Crippen molar-refractivity contribution in [2.24, 2.45) is 0 Å². The van der Waals surface area contributed by atoms with Gasteiger partial charge in [0.05, 0.1) is 5.52 Å². The first kappa shape index (κ1) is 12.1. The lowest BCUT2D eigenvalue weighted by atomic mass is 9.89. The van der Waals surface area contributed by atoms with Gasteiger partial charge in [-0.25, -0.2) is 14.5 Å². The van der Waals surface area contributed by atoms with E-state index in [2.05, 4.69) is 10.1 Å². The molecule has 0 spiro atoms. The Morgan fingerprint density at radius 2 is 2.00 bits per heavy atom. The first-order valence-electron chi connectivity index (χ1n) is 7.12. The molecule has 0 bridgehead atoms. The third-order valence-corrected chi connectivity index (χ3v) is 4.36. The van der Waals surface area contributed by atoms with E-state index in [1.165, 1.54) is 32.1 Å². The highest BCUT2D eigenvalue weighted by molar-refractivity contribution is 6.31. The molecule has 0 amide bonds. The third kappa shape index (κ3) is 1.95. The zero-order chi connectivity index (χ0) is 13.5. The van der Waals surface area contributed by atoms with E-state index >= 15 is 0 Å². The first-order chi connectivity index (χ1) is 9.81. The van der Waals surface area contributed by atoms with Gasteiger partial charge in [0, 0.05) is 16.3 Å². The standard InChI is InChI=1S/C15H15ClN4/c16-11-6-7-13-12(8-11)15-18-14(19-20(15)9-17-13)10-4-2-1-3-5-10/h6-10H,1-5H2. The van der Waals surface area contributed by atoms with Gasteiger partial charge in [-0.05, 0) is 31.0 Å². The van der Waals surface area contributed by atoms with Crippen LogP contribution in [0.3, 0.4) is 0 Å². The number of fused-ring (bicyclic) bond motifs is 3. The molecular formula is C15H15ClN4. The van der Waals surface area contributed by atoms with E-state index in [1.54, 1.807) is 10.8 Å². The van der Waals surface area contributed by atoms with Crippen LogP contribution in [0.5, 0.6) is 0 Å². The maximum atomic E-state index is 6.09. The Kier molecular flexibility index (Phi) is 2.84. The molecular weight excluding hydrogens is 272 g/mol. The normalized spacial score (nSPS) is 17.1. The molecule has 1 aliphatic rings. The highest BCUT2D eigenvalue weighted by Gasteiger charge is 2.20. The Balaban J connectivity index is 1.89. The number of rotatable bonds is 1. The van der Waals surface area contributed by atoms with Crippen LogP contribution in [0.25, 0.3) is 16.6 Å². The maximum Gasteiger partial charge on any atom is 0.166 e. The van der Waals surface area contributed by atoms with Gasteiger partial charge in [-0.15, -0.1) is 5.10 Å². The molecule has 0 radical (unpaired) electrons. The number of nitrogens with zero attached hydrogens (tertiary/aromatic N) is 4. The van der Waals surface area contributed by atoms with E-state index in [-0.39, 0.29) is 0 Å². The molecule has 3 aromatic rings. The Morgan fingerprint density at radius 1 is 1.15 bits per heavy atom. The van der Waals surface area contributed by atoms with Crippen LogP contribution < -0.4 is 0 Å². The van der Waals surface area contributed by atoms with E-state index in [0.717, 1.165) is 22.4 Å². The van der Waals surface area contributed by atoms with Crippen LogP contribution in [0.4, 0.5) is 0 Å². The van der Waals surface area contributed by atoms with Gasteiger partial charge in [-0.3, -0.25) is 0 Å². The van der Waals surface area contributed by atoms with Crippen molar-refractivity contribution in [3.8, 4) is 0 Å². The molecule has 0 N–H and O–H groups in total. The smallest absolute Gasteiger partial charge is 0.166 e. The van der Waals surface area contributed by atoms with Crippen molar-refractivity contribution in [1.82, 2.24) is 19.6 Å². The van der Waals surface area contributed by atoms with Gasteiger partial charge in [0.2, 0.25) is 0 Å². The summed E-state index contributed by atoms with van der Waals surface area (Å²) in [4.78, 5) is 9.17. The van der Waals surface area contributed by atoms with Gasteiger partial charge < -0.3 is 0 Å². The second-order valence-corrected chi connectivity index (χ2v) is 5.92. The molecule has 0 aliphatic heterocycles. The highest BCUT2D eigenvalue weighted by atomic mass is 35.5. The average Bonchev–Trinajstić information content (AvgIpc) is 2.93. The molecule has 0 unspecified atom stereocenters. The minimum absolute atomic E-state index is 0.498. The molecule has 1 saturated carbocycles. The summed E-state index contributed by atoms with van der Waals surface area (Å²) in [6.07, 6.45) is 8.04. The number of hydrogen-bond donors (Lipinski definition) is 0. The number of benzene rings is 1. The van der Waals surface area contributed by atoms with Gasteiger partial charge in [0.25, 0.3) is 0 Å². The summed E-state index contributed by atoms with van der Waals surface area (Å²) in [5.74, 6) is 1.46. The summed E-state index contributed by atoms with van der Waals surface area (Å²) < 4.78 is 1.78. The van der Waals surface area contributed by atoms with Crippen molar-refractivity contribution in [3.63, 3.8) is 0 Å². The summed E-state index contributed by atoms with van der Waals surface area (Å²) in [6, 6.07) is 5.69. The predicted molar refractivity (Wildman–Crippen MR) is 79.1 cm³/mol. The lowest BCUT2D eigenvalue weighted by Gasteiger charge is -2.17. The molecule has 1 aromatic carbocycles. The van der Waals surface area contributed by atoms with Crippen LogP contribution in [-0.4, -0.2) is 19.6 Å². The number of hydrogen-bond acceptors (Lipinski definition) is 3. The largest absolute Gasteiger partial charge is 0.236 e. The van der Waals surface area contributed by atoms with Crippen molar-refractivity contribution in [2.75, 3.05) is 0 Å². The van der Waals surface area contributed by atoms with Gasteiger partial charge in [0.1, 0.15) is 6.33 Å². The number of halogens is 1. The fourth-order valence-corrected chi connectivity index (χ4v) is 3.23. The average molecular weight is 287 g/mol. The second kappa shape index (κ2) is 4.70. The minimum atomic E-state index is 0.498. The number of aromatic nitrogens is 4. The summed E-state index contributed by atoms with van der Waals surface area (Å²) in [5.41, 5.74) is 1.77. The quantitative estimate of drug-likeness (QED) is 0.679. The van der Waals surface area contributed by atoms with E-state index in [1.807, 2.05) is 18.2 Å². The van der Waals surface area contributed by atoms with Crippen molar-refractivity contribution < 1.29 is 0 Å².